The van der Waals surface area contributed by atoms with Gasteiger partial charge >= 0.3 is 18.5 Å². The number of likely N-dealkylation sites (tertiary alicyclic amines) is 1. The van der Waals surface area contributed by atoms with Crippen molar-refractivity contribution in [3.8, 4) is 0 Å². The summed E-state index contributed by atoms with van der Waals surface area (Å²) < 4.78 is 128. The van der Waals surface area contributed by atoms with E-state index in [0.29, 0.717) is 30.5 Å². The number of halogens is 9. The first-order valence-corrected chi connectivity index (χ1v) is 13.1. The van der Waals surface area contributed by atoms with Crippen molar-refractivity contribution in [1.29, 1.82) is 0 Å². The van der Waals surface area contributed by atoms with Crippen LogP contribution in [0.2, 0.25) is 0 Å². The molecular formula is C27H29F9N6O. The van der Waals surface area contributed by atoms with Crippen LogP contribution >= 0.6 is 0 Å². The number of tetrazole rings is 1. The summed E-state index contributed by atoms with van der Waals surface area (Å²) >= 11 is 0. The number of hydrogen-bond donors (Lipinski definition) is 0. The van der Waals surface area contributed by atoms with Crippen LogP contribution in [0.4, 0.5) is 45.5 Å². The molecule has 1 aromatic heterocycles. The van der Waals surface area contributed by atoms with Crippen LogP contribution in [0.3, 0.4) is 0 Å². The van der Waals surface area contributed by atoms with Crippen molar-refractivity contribution in [2.45, 2.75) is 50.6 Å². The number of alkyl halides is 9. The standard InChI is InChI=1S/C27H29F9N6O/c1-40-8-6-17(7-9-40)23(43-3)22-5-4-19(25(28,29)30)12-18(22)15-42(24-37-39-41(2)38-24)14-16-10-20(26(31,32)33)13-21(11-16)27(34,35)36/h4-5,10-13,17,23H,6-9,14-15H2,1-3H3. The zero-order chi connectivity index (χ0) is 31.7. The highest BCUT2D eigenvalue weighted by Crippen LogP contribution is 2.40. The number of aromatic nitrogens is 4. The Kier molecular flexibility index (Phi) is 9.30. The van der Waals surface area contributed by atoms with Crippen molar-refractivity contribution in [2.24, 2.45) is 13.0 Å². The van der Waals surface area contributed by atoms with Crippen molar-refractivity contribution in [3.63, 3.8) is 0 Å². The third kappa shape index (κ3) is 7.96. The Balaban J connectivity index is 1.80. The summed E-state index contributed by atoms with van der Waals surface area (Å²) in [7, 11) is 4.77. The van der Waals surface area contributed by atoms with Crippen LogP contribution in [0.25, 0.3) is 0 Å². The van der Waals surface area contributed by atoms with Crippen molar-refractivity contribution in [2.75, 3.05) is 32.1 Å². The van der Waals surface area contributed by atoms with E-state index in [-0.39, 0.29) is 23.5 Å². The first kappa shape index (κ1) is 32.5. The molecule has 1 atom stereocenters. The fourth-order valence-electron chi connectivity index (χ4n) is 5.24. The largest absolute Gasteiger partial charge is 0.416 e. The molecule has 7 nitrogen and oxygen atoms in total. The predicted molar refractivity (Wildman–Crippen MR) is 137 cm³/mol. The number of benzene rings is 2. The van der Waals surface area contributed by atoms with Gasteiger partial charge in [0.05, 0.1) is 29.8 Å². The number of aryl methyl sites for hydroxylation is 1. The van der Waals surface area contributed by atoms with E-state index in [1.165, 1.54) is 25.1 Å². The molecule has 16 heteroatoms. The van der Waals surface area contributed by atoms with Crippen molar-refractivity contribution >= 4 is 5.95 Å². The minimum atomic E-state index is -5.08. The first-order chi connectivity index (χ1) is 20.0. The third-order valence-electron chi connectivity index (χ3n) is 7.38. The molecule has 0 bridgehead atoms. The molecule has 1 aliphatic heterocycles. The molecule has 1 aliphatic rings. The number of piperidine rings is 1. The van der Waals surface area contributed by atoms with Crippen LogP contribution in [-0.2, 0) is 43.4 Å². The summed E-state index contributed by atoms with van der Waals surface area (Å²) in [6, 6.07) is 4.26. The first-order valence-electron chi connectivity index (χ1n) is 13.1. The van der Waals surface area contributed by atoms with Gasteiger partial charge < -0.3 is 14.5 Å². The summed E-state index contributed by atoms with van der Waals surface area (Å²) in [6.45, 7) is 0.496. The molecule has 1 fully saturated rings. The van der Waals surface area contributed by atoms with Crippen LogP contribution in [0, 0.1) is 5.92 Å². The second-order valence-corrected chi connectivity index (χ2v) is 10.6. The average Bonchev–Trinajstić information content (AvgIpc) is 3.35. The van der Waals surface area contributed by atoms with Gasteiger partial charge in [-0.2, -0.15) is 44.3 Å². The summed E-state index contributed by atoms with van der Waals surface area (Å²) in [6.07, 6.45) is -14.1. The Labute approximate surface area is 241 Å². The molecule has 0 aliphatic carbocycles. The van der Waals surface area contributed by atoms with Gasteiger partial charge in [-0.1, -0.05) is 11.2 Å². The van der Waals surface area contributed by atoms with Gasteiger partial charge in [0.15, 0.2) is 0 Å². The maximum atomic E-state index is 13.8. The van der Waals surface area contributed by atoms with Crippen LogP contribution in [0.1, 0.15) is 52.3 Å². The van der Waals surface area contributed by atoms with Crippen LogP contribution in [-0.4, -0.2) is 52.4 Å². The zero-order valence-corrected chi connectivity index (χ0v) is 23.4. The zero-order valence-electron chi connectivity index (χ0n) is 23.4. The van der Waals surface area contributed by atoms with Crippen molar-refractivity contribution < 1.29 is 44.3 Å². The van der Waals surface area contributed by atoms with Crippen molar-refractivity contribution in [3.05, 3.63) is 69.8 Å². The van der Waals surface area contributed by atoms with Crippen LogP contribution < -0.4 is 4.90 Å². The van der Waals surface area contributed by atoms with E-state index in [1.54, 1.807) is 0 Å². The lowest BCUT2D eigenvalue weighted by Crippen LogP contribution is -2.34. The normalized spacial score (nSPS) is 16.5. The number of methoxy groups -OCH3 is 1. The van der Waals surface area contributed by atoms with Crippen LogP contribution in [0.5, 0.6) is 0 Å². The molecule has 0 amide bonds. The maximum absolute atomic E-state index is 13.8. The Hall–Kier alpha value is -3.40. The minimum Gasteiger partial charge on any atom is -0.376 e. The molecule has 2 heterocycles. The lowest BCUT2D eigenvalue weighted by molar-refractivity contribution is -0.143. The average molecular weight is 625 g/mol. The molecule has 236 valence electrons. The molecule has 3 aromatic rings. The summed E-state index contributed by atoms with van der Waals surface area (Å²) in [4.78, 5) is 4.31. The quantitative estimate of drug-likeness (QED) is 0.267. The number of rotatable bonds is 8. The highest BCUT2D eigenvalue weighted by Gasteiger charge is 2.38. The van der Waals surface area contributed by atoms with E-state index >= 15 is 0 Å². The van der Waals surface area contributed by atoms with Gasteiger partial charge in [-0.05, 0) is 91.1 Å². The SMILES string of the molecule is COC(c1ccc(C(F)(F)F)cc1CN(Cc1cc(C(F)(F)F)cc(C(F)(F)F)c1)c1nnn(C)n1)C1CCN(C)CC1. The number of ether oxygens (including phenoxy) is 1. The summed E-state index contributed by atoms with van der Waals surface area (Å²) in [5, 5.41) is 11.6. The van der Waals surface area contributed by atoms with E-state index in [4.69, 9.17) is 4.74 Å². The number of nitrogens with zero attached hydrogens (tertiary/aromatic N) is 6. The highest BCUT2D eigenvalue weighted by atomic mass is 19.4. The van der Waals surface area contributed by atoms with E-state index < -0.39 is 60.0 Å². The molecule has 0 spiro atoms. The summed E-state index contributed by atoms with van der Waals surface area (Å²) in [5.41, 5.74) is -3.90. The molecule has 1 saturated heterocycles. The Bertz CT molecular complexity index is 1360. The Morgan fingerprint density at radius 1 is 0.837 bits per heavy atom. The van der Waals surface area contributed by atoms with Gasteiger partial charge in [0, 0.05) is 20.2 Å². The minimum absolute atomic E-state index is 0.00407. The second-order valence-electron chi connectivity index (χ2n) is 10.6. The fraction of sp³-hybridized carbons (Fsp3) is 0.519. The number of hydrogen-bond acceptors (Lipinski definition) is 6. The molecule has 0 saturated carbocycles. The highest BCUT2D eigenvalue weighted by molar-refractivity contribution is 5.42. The van der Waals surface area contributed by atoms with Gasteiger partial charge in [0.25, 0.3) is 5.95 Å². The van der Waals surface area contributed by atoms with Gasteiger partial charge in [-0.25, -0.2) is 0 Å². The molecule has 43 heavy (non-hydrogen) atoms. The molecule has 4 rings (SSSR count). The fourth-order valence-corrected chi connectivity index (χ4v) is 5.24. The molecule has 0 N–H and O–H groups in total. The van der Waals surface area contributed by atoms with Crippen molar-refractivity contribution in [1.82, 2.24) is 25.1 Å². The molecular weight excluding hydrogens is 595 g/mol. The maximum Gasteiger partial charge on any atom is 0.416 e. The summed E-state index contributed by atoms with van der Waals surface area (Å²) in [5.74, 6) is -0.248. The Morgan fingerprint density at radius 3 is 1.91 bits per heavy atom. The second kappa shape index (κ2) is 12.3. The van der Waals surface area contributed by atoms with Gasteiger partial charge in [0.1, 0.15) is 0 Å². The molecule has 1 unspecified atom stereocenters. The molecule has 0 radical (unpaired) electrons. The van der Waals surface area contributed by atoms with Crippen LogP contribution in [0.15, 0.2) is 36.4 Å². The number of anilines is 1. The lowest BCUT2D eigenvalue weighted by atomic mass is 9.85. The molecule has 2 aromatic carbocycles. The van der Waals surface area contributed by atoms with E-state index in [0.717, 1.165) is 30.0 Å². The predicted octanol–water partition coefficient (Wildman–Crippen LogP) is 6.50. The third-order valence-corrected chi connectivity index (χ3v) is 7.38. The van der Waals surface area contributed by atoms with E-state index in [9.17, 15) is 39.5 Å². The van der Waals surface area contributed by atoms with Gasteiger partial charge in [0.2, 0.25) is 0 Å². The smallest absolute Gasteiger partial charge is 0.376 e. The van der Waals surface area contributed by atoms with E-state index in [2.05, 4.69) is 20.3 Å². The lowest BCUT2D eigenvalue weighted by Gasteiger charge is -2.35. The topological polar surface area (TPSA) is 59.3 Å². The van der Waals surface area contributed by atoms with Gasteiger partial charge in [-0.3, -0.25) is 0 Å². The Morgan fingerprint density at radius 2 is 1.42 bits per heavy atom. The monoisotopic (exact) mass is 624 g/mol. The van der Waals surface area contributed by atoms with Gasteiger partial charge in [-0.15, -0.1) is 5.10 Å². The van der Waals surface area contributed by atoms with E-state index in [1.807, 2.05) is 7.05 Å².